The van der Waals surface area contributed by atoms with E-state index in [2.05, 4.69) is 34.9 Å². The summed E-state index contributed by atoms with van der Waals surface area (Å²) < 4.78 is 5.43. The Morgan fingerprint density at radius 1 is 1.23 bits per heavy atom. The van der Waals surface area contributed by atoms with Crippen molar-refractivity contribution in [1.29, 1.82) is 0 Å². The van der Waals surface area contributed by atoms with E-state index in [1.54, 1.807) is 6.33 Å². The molecule has 118 valence electrons. The Bertz CT molecular complexity index is 607. The Hall–Kier alpha value is -2.22. The van der Waals surface area contributed by atoms with E-state index >= 15 is 0 Å². The minimum atomic E-state index is 0.611. The number of aromatic amines is 1. The van der Waals surface area contributed by atoms with E-state index in [1.807, 2.05) is 19.9 Å². The third-order valence-corrected chi connectivity index (χ3v) is 3.62. The highest BCUT2D eigenvalue weighted by atomic mass is 16.5. The first-order valence-electron chi connectivity index (χ1n) is 7.54. The van der Waals surface area contributed by atoms with Gasteiger partial charge >= 0.3 is 0 Å². The lowest BCUT2D eigenvalue weighted by Crippen LogP contribution is -2.46. The van der Waals surface area contributed by atoms with Crippen LogP contribution in [0.15, 0.2) is 12.4 Å². The topological polar surface area (TPSA) is 83.1 Å². The van der Waals surface area contributed by atoms with Crippen molar-refractivity contribution in [1.82, 2.24) is 30.0 Å². The number of anilines is 1. The smallest absolute Gasteiger partial charge is 0.218 e. The predicted molar refractivity (Wildman–Crippen MR) is 81.8 cm³/mol. The van der Waals surface area contributed by atoms with Crippen molar-refractivity contribution in [3.63, 3.8) is 0 Å². The summed E-state index contributed by atoms with van der Waals surface area (Å²) >= 11 is 0. The van der Waals surface area contributed by atoms with Crippen LogP contribution in [0.1, 0.15) is 18.6 Å². The first-order chi connectivity index (χ1) is 10.7. The zero-order valence-electron chi connectivity index (χ0n) is 13.0. The first kappa shape index (κ1) is 14.7. The molecule has 2 aromatic rings. The molecule has 0 unspecified atom stereocenters. The molecule has 1 fully saturated rings. The van der Waals surface area contributed by atoms with Crippen LogP contribution < -0.4 is 9.64 Å². The van der Waals surface area contributed by atoms with E-state index in [9.17, 15) is 0 Å². The molecule has 0 saturated carbocycles. The molecular formula is C14H21N7O. The molecule has 0 atom stereocenters. The summed E-state index contributed by atoms with van der Waals surface area (Å²) in [6.07, 6.45) is 1.56. The number of nitrogens with one attached hydrogen (secondary N) is 1. The van der Waals surface area contributed by atoms with Crippen molar-refractivity contribution in [2.24, 2.45) is 0 Å². The fourth-order valence-corrected chi connectivity index (χ4v) is 2.52. The molecule has 22 heavy (non-hydrogen) atoms. The summed E-state index contributed by atoms with van der Waals surface area (Å²) in [5, 5.41) is 7.07. The molecule has 0 spiro atoms. The largest absolute Gasteiger partial charge is 0.478 e. The fourth-order valence-electron chi connectivity index (χ4n) is 2.52. The van der Waals surface area contributed by atoms with Gasteiger partial charge in [0.15, 0.2) is 5.82 Å². The van der Waals surface area contributed by atoms with Crippen LogP contribution in [0.3, 0.4) is 0 Å². The average Bonchev–Trinajstić information content (AvgIpc) is 2.94. The minimum absolute atomic E-state index is 0.611. The van der Waals surface area contributed by atoms with Crippen molar-refractivity contribution in [3.8, 4) is 5.88 Å². The minimum Gasteiger partial charge on any atom is -0.478 e. The summed E-state index contributed by atoms with van der Waals surface area (Å²) in [5.41, 5.74) is 0. The maximum absolute atomic E-state index is 5.43. The van der Waals surface area contributed by atoms with Gasteiger partial charge in [0, 0.05) is 32.2 Å². The van der Waals surface area contributed by atoms with Crippen molar-refractivity contribution in [2.75, 3.05) is 37.7 Å². The van der Waals surface area contributed by atoms with Crippen molar-refractivity contribution in [2.45, 2.75) is 20.4 Å². The summed E-state index contributed by atoms with van der Waals surface area (Å²) in [6.45, 7) is 9.03. The Balaban J connectivity index is 1.56. The normalized spacial score (nSPS) is 16.0. The van der Waals surface area contributed by atoms with E-state index in [4.69, 9.17) is 4.74 Å². The fraction of sp³-hybridized carbons (Fsp3) is 0.571. The first-order valence-corrected chi connectivity index (χ1v) is 7.54. The van der Waals surface area contributed by atoms with E-state index in [0.29, 0.717) is 12.5 Å². The van der Waals surface area contributed by atoms with E-state index < -0.39 is 0 Å². The third kappa shape index (κ3) is 3.51. The highest BCUT2D eigenvalue weighted by Gasteiger charge is 2.19. The zero-order valence-corrected chi connectivity index (χ0v) is 13.0. The number of ether oxygens (including phenoxy) is 1. The lowest BCUT2D eigenvalue weighted by molar-refractivity contribution is 0.243. The van der Waals surface area contributed by atoms with Gasteiger partial charge in [0.05, 0.1) is 13.2 Å². The zero-order chi connectivity index (χ0) is 15.4. The second-order valence-electron chi connectivity index (χ2n) is 5.25. The number of piperazine rings is 1. The quantitative estimate of drug-likeness (QED) is 0.867. The third-order valence-electron chi connectivity index (χ3n) is 3.62. The van der Waals surface area contributed by atoms with Crippen molar-refractivity contribution in [3.05, 3.63) is 24.0 Å². The SMILES string of the molecule is CCOc1cc(N2CCN(Cc3n[nH]c(C)n3)CC2)ncn1. The lowest BCUT2D eigenvalue weighted by atomic mass is 10.3. The standard InChI is InChI=1S/C14H21N7O/c1-3-22-14-8-13(15-10-16-14)21-6-4-20(5-7-21)9-12-17-11(2)18-19-12/h8,10H,3-7,9H2,1-2H3,(H,17,18,19). The molecule has 0 amide bonds. The van der Waals surface area contributed by atoms with E-state index in [0.717, 1.165) is 50.2 Å². The van der Waals surface area contributed by atoms with Gasteiger partial charge in [0.2, 0.25) is 5.88 Å². The molecule has 1 aliphatic heterocycles. The number of hydrogen-bond acceptors (Lipinski definition) is 7. The molecule has 1 aliphatic rings. The monoisotopic (exact) mass is 303 g/mol. The Kier molecular flexibility index (Phi) is 4.47. The number of aryl methyl sites for hydroxylation is 1. The van der Waals surface area contributed by atoms with Crippen LogP contribution >= 0.6 is 0 Å². The number of nitrogens with zero attached hydrogens (tertiary/aromatic N) is 6. The van der Waals surface area contributed by atoms with Crippen LogP contribution in [-0.2, 0) is 6.54 Å². The molecule has 8 heteroatoms. The van der Waals surface area contributed by atoms with Crippen LogP contribution in [0.2, 0.25) is 0 Å². The van der Waals surface area contributed by atoms with Gasteiger partial charge in [-0.15, -0.1) is 0 Å². The summed E-state index contributed by atoms with van der Waals surface area (Å²) in [6, 6.07) is 1.90. The number of H-pyrrole nitrogens is 1. The van der Waals surface area contributed by atoms with Gasteiger partial charge < -0.3 is 9.64 Å². The average molecular weight is 303 g/mol. The van der Waals surface area contributed by atoms with Gasteiger partial charge in [-0.25, -0.2) is 15.0 Å². The molecule has 0 aromatic carbocycles. The van der Waals surface area contributed by atoms with Crippen LogP contribution in [0.4, 0.5) is 5.82 Å². The lowest BCUT2D eigenvalue weighted by Gasteiger charge is -2.34. The second kappa shape index (κ2) is 6.69. The summed E-state index contributed by atoms with van der Waals surface area (Å²) in [5.74, 6) is 3.27. The molecule has 1 N–H and O–H groups in total. The van der Waals surface area contributed by atoms with Gasteiger partial charge in [-0.3, -0.25) is 10.00 Å². The molecule has 0 radical (unpaired) electrons. The molecule has 3 rings (SSSR count). The maximum Gasteiger partial charge on any atom is 0.218 e. The molecule has 3 heterocycles. The van der Waals surface area contributed by atoms with Crippen molar-refractivity contribution >= 4 is 5.82 Å². The molecule has 2 aromatic heterocycles. The highest BCUT2D eigenvalue weighted by molar-refractivity contribution is 5.41. The number of hydrogen-bond donors (Lipinski definition) is 1. The van der Waals surface area contributed by atoms with Crippen LogP contribution in [0, 0.1) is 6.92 Å². The Labute approximate surface area is 129 Å². The molecular weight excluding hydrogens is 282 g/mol. The predicted octanol–water partition coefficient (Wildman–Crippen LogP) is 0.624. The van der Waals surface area contributed by atoms with Crippen LogP contribution in [-0.4, -0.2) is 62.8 Å². The molecule has 0 bridgehead atoms. The number of rotatable bonds is 5. The maximum atomic E-state index is 5.43. The summed E-state index contributed by atoms with van der Waals surface area (Å²) in [7, 11) is 0. The van der Waals surface area contributed by atoms with Crippen LogP contribution in [0.5, 0.6) is 5.88 Å². The highest BCUT2D eigenvalue weighted by Crippen LogP contribution is 2.17. The number of aromatic nitrogens is 5. The van der Waals surface area contributed by atoms with E-state index in [-0.39, 0.29) is 0 Å². The van der Waals surface area contributed by atoms with Crippen molar-refractivity contribution < 1.29 is 4.74 Å². The van der Waals surface area contributed by atoms with Gasteiger partial charge in [0.25, 0.3) is 0 Å². The van der Waals surface area contributed by atoms with Gasteiger partial charge in [-0.2, -0.15) is 5.10 Å². The molecule has 1 saturated heterocycles. The van der Waals surface area contributed by atoms with Gasteiger partial charge in [-0.1, -0.05) is 0 Å². The van der Waals surface area contributed by atoms with Gasteiger partial charge in [0.1, 0.15) is 18.0 Å². The molecule has 0 aliphatic carbocycles. The Morgan fingerprint density at radius 3 is 2.73 bits per heavy atom. The second-order valence-corrected chi connectivity index (χ2v) is 5.25. The Morgan fingerprint density at radius 2 is 2.05 bits per heavy atom. The molecule has 8 nitrogen and oxygen atoms in total. The van der Waals surface area contributed by atoms with Crippen LogP contribution in [0.25, 0.3) is 0 Å². The summed E-state index contributed by atoms with van der Waals surface area (Å²) in [4.78, 5) is 17.4. The van der Waals surface area contributed by atoms with Gasteiger partial charge in [-0.05, 0) is 13.8 Å². The van der Waals surface area contributed by atoms with E-state index in [1.165, 1.54) is 0 Å².